The molecule has 0 radical (unpaired) electrons. The number of halogens is 3. The van der Waals surface area contributed by atoms with E-state index in [0.29, 0.717) is 17.9 Å². The first-order valence-electron chi connectivity index (χ1n) is 7.50. The Balaban J connectivity index is 1.70. The van der Waals surface area contributed by atoms with Gasteiger partial charge in [0.25, 0.3) is 0 Å². The Kier molecular flexibility index (Phi) is 5.85. The standard InChI is InChI=1S/C19H13BrCl2O2S/c20-13-5-1-11(2-6-13)16-9-10-17(25-16)14(23)7-3-12-4-8-15(24)19(22)18(12)21/h1-2,4-6,8-10,24H,3,7H2. The molecule has 6 heteroatoms. The van der Waals surface area contributed by atoms with Crippen LogP contribution in [0.5, 0.6) is 5.75 Å². The van der Waals surface area contributed by atoms with Gasteiger partial charge in [-0.25, -0.2) is 0 Å². The number of Topliss-reactive ketones (excluding diaryl/α,β-unsaturated/α-hetero) is 1. The van der Waals surface area contributed by atoms with Gasteiger partial charge in [-0.3, -0.25) is 4.79 Å². The Hall–Kier alpha value is -1.33. The number of thiophene rings is 1. The van der Waals surface area contributed by atoms with Crippen molar-refractivity contribution in [1.82, 2.24) is 0 Å². The number of phenolic OH excluding ortho intramolecular Hbond substituents is 1. The van der Waals surface area contributed by atoms with Crippen molar-refractivity contribution in [3.05, 3.63) is 73.5 Å². The van der Waals surface area contributed by atoms with Crippen molar-refractivity contribution in [2.75, 3.05) is 0 Å². The molecule has 3 rings (SSSR count). The van der Waals surface area contributed by atoms with Gasteiger partial charge in [-0.1, -0.05) is 57.3 Å². The molecule has 2 nitrogen and oxygen atoms in total. The van der Waals surface area contributed by atoms with Crippen LogP contribution in [0.1, 0.15) is 21.7 Å². The van der Waals surface area contributed by atoms with Gasteiger partial charge in [0.2, 0.25) is 0 Å². The number of rotatable bonds is 5. The van der Waals surface area contributed by atoms with Gasteiger partial charge >= 0.3 is 0 Å². The van der Waals surface area contributed by atoms with Crippen molar-refractivity contribution in [3.8, 4) is 16.2 Å². The lowest BCUT2D eigenvalue weighted by Gasteiger charge is -2.06. The maximum absolute atomic E-state index is 12.5. The smallest absolute Gasteiger partial charge is 0.173 e. The monoisotopic (exact) mass is 454 g/mol. The van der Waals surface area contributed by atoms with E-state index in [1.54, 1.807) is 6.07 Å². The van der Waals surface area contributed by atoms with Crippen LogP contribution < -0.4 is 0 Å². The van der Waals surface area contributed by atoms with E-state index in [9.17, 15) is 9.90 Å². The third-order valence-corrected chi connectivity index (χ3v) is 6.39. The van der Waals surface area contributed by atoms with Crippen molar-refractivity contribution >= 4 is 56.3 Å². The highest BCUT2D eigenvalue weighted by atomic mass is 79.9. The summed E-state index contributed by atoms with van der Waals surface area (Å²) < 4.78 is 1.02. The molecule has 0 bridgehead atoms. The Labute approximate surface area is 168 Å². The lowest BCUT2D eigenvalue weighted by molar-refractivity contribution is 0.0987. The van der Waals surface area contributed by atoms with Crippen molar-refractivity contribution < 1.29 is 9.90 Å². The van der Waals surface area contributed by atoms with Crippen LogP contribution in [0, 0.1) is 0 Å². The fourth-order valence-corrected chi connectivity index (χ4v) is 4.08. The first-order valence-corrected chi connectivity index (χ1v) is 9.87. The number of carbonyl (C=O) groups is 1. The molecular weight excluding hydrogens is 443 g/mol. The summed E-state index contributed by atoms with van der Waals surface area (Å²) in [5, 5.41) is 9.95. The lowest BCUT2D eigenvalue weighted by Crippen LogP contribution is -1.99. The van der Waals surface area contributed by atoms with Crippen LogP contribution in [0.2, 0.25) is 10.0 Å². The van der Waals surface area contributed by atoms with Crippen LogP contribution in [0.3, 0.4) is 0 Å². The van der Waals surface area contributed by atoms with Crippen LogP contribution in [-0.4, -0.2) is 10.9 Å². The fraction of sp³-hybridized carbons (Fsp3) is 0.105. The molecule has 1 heterocycles. The van der Waals surface area contributed by atoms with Gasteiger partial charge in [-0.15, -0.1) is 11.3 Å². The molecular formula is C19H13BrCl2O2S. The number of aryl methyl sites for hydroxylation is 1. The van der Waals surface area contributed by atoms with Crippen LogP contribution in [-0.2, 0) is 6.42 Å². The van der Waals surface area contributed by atoms with E-state index in [1.165, 1.54) is 17.4 Å². The Morgan fingerprint density at radius 3 is 2.44 bits per heavy atom. The number of hydrogen-bond acceptors (Lipinski definition) is 3. The Morgan fingerprint density at radius 1 is 1.00 bits per heavy atom. The van der Waals surface area contributed by atoms with Crippen molar-refractivity contribution in [2.24, 2.45) is 0 Å². The molecule has 0 saturated heterocycles. The number of carbonyl (C=O) groups excluding carboxylic acids is 1. The summed E-state index contributed by atoms with van der Waals surface area (Å²) in [6.07, 6.45) is 0.810. The third kappa shape index (κ3) is 4.26. The molecule has 0 aliphatic rings. The molecule has 1 N–H and O–H groups in total. The van der Waals surface area contributed by atoms with Crippen molar-refractivity contribution in [1.29, 1.82) is 0 Å². The molecule has 0 amide bonds. The maximum atomic E-state index is 12.5. The second-order valence-electron chi connectivity index (χ2n) is 5.47. The van der Waals surface area contributed by atoms with Crippen molar-refractivity contribution in [2.45, 2.75) is 12.8 Å². The fourth-order valence-electron chi connectivity index (χ4n) is 2.40. The van der Waals surface area contributed by atoms with Crippen LogP contribution in [0.25, 0.3) is 10.4 Å². The molecule has 0 spiro atoms. The molecule has 25 heavy (non-hydrogen) atoms. The zero-order chi connectivity index (χ0) is 18.0. The summed E-state index contributed by atoms with van der Waals surface area (Å²) in [6.45, 7) is 0. The van der Waals surface area contributed by atoms with Gasteiger partial charge in [0.1, 0.15) is 10.8 Å². The van der Waals surface area contributed by atoms with Crippen LogP contribution in [0.4, 0.5) is 0 Å². The molecule has 0 aliphatic carbocycles. The molecule has 128 valence electrons. The SMILES string of the molecule is O=C(CCc1ccc(O)c(Cl)c1Cl)c1ccc(-c2ccc(Br)cc2)s1. The largest absolute Gasteiger partial charge is 0.506 e. The molecule has 0 fully saturated rings. The van der Waals surface area contributed by atoms with E-state index in [-0.39, 0.29) is 16.6 Å². The number of aromatic hydroxyl groups is 1. The topological polar surface area (TPSA) is 37.3 Å². The summed E-state index contributed by atoms with van der Waals surface area (Å²) in [4.78, 5) is 14.2. The van der Waals surface area contributed by atoms with Gasteiger partial charge in [-0.2, -0.15) is 0 Å². The molecule has 0 unspecified atom stereocenters. The van der Waals surface area contributed by atoms with Gasteiger partial charge in [-0.05, 0) is 47.9 Å². The van der Waals surface area contributed by atoms with Gasteiger partial charge in [0.15, 0.2) is 5.78 Å². The predicted molar refractivity (Wildman–Crippen MR) is 108 cm³/mol. The molecule has 1 aromatic heterocycles. The first kappa shape index (κ1) is 18.5. The van der Waals surface area contributed by atoms with Gasteiger partial charge in [0, 0.05) is 15.8 Å². The highest BCUT2D eigenvalue weighted by Gasteiger charge is 2.14. The third-order valence-electron chi connectivity index (χ3n) is 3.77. The molecule has 0 saturated carbocycles. The minimum absolute atomic E-state index is 0.0564. The molecule has 2 aromatic carbocycles. The summed E-state index contributed by atoms with van der Waals surface area (Å²) >= 11 is 16.9. The average molecular weight is 456 g/mol. The highest BCUT2D eigenvalue weighted by Crippen LogP contribution is 2.35. The number of hydrogen-bond donors (Lipinski definition) is 1. The summed E-state index contributed by atoms with van der Waals surface area (Å²) in [7, 11) is 0. The Morgan fingerprint density at radius 2 is 1.72 bits per heavy atom. The quantitative estimate of drug-likeness (QED) is 0.420. The summed E-state index contributed by atoms with van der Waals surface area (Å²) in [5.74, 6) is 0.00719. The van der Waals surface area contributed by atoms with E-state index in [4.69, 9.17) is 23.2 Å². The first-order chi connectivity index (χ1) is 12.0. The van der Waals surface area contributed by atoms with E-state index < -0.39 is 0 Å². The summed E-state index contributed by atoms with van der Waals surface area (Å²) in [6, 6.07) is 15.0. The number of benzene rings is 2. The van der Waals surface area contributed by atoms with Gasteiger partial charge < -0.3 is 5.11 Å². The van der Waals surface area contributed by atoms with E-state index >= 15 is 0 Å². The van der Waals surface area contributed by atoms with Crippen LogP contribution in [0.15, 0.2) is 53.0 Å². The second-order valence-corrected chi connectivity index (χ2v) is 8.22. The minimum atomic E-state index is -0.0564. The van der Waals surface area contributed by atoms with E-state index in [1.807, 2.05) is 36.4 Å². The number of ketones is 1. The maximum Gasteiger partial charge on any atom is 0.173 e. The summed E-state index contributed by atoms with van der Waals surface area (Å²) in [5.41, 5.74) is 1.84. The van der Waals surface area contributed by atoms with E-state index in [0.717, 1.165) is 25.4 Å². The zero-order valence-electron chi connectivity index (χ0n) is 12.9. The zero-order valence-corrected chi connectivity index (χ0v) is 16.8. The lowest BCUT2D eigenvalue weighted by atomic mass is 10.1. The Bertz CT molecular complexity index is 920. The molecule has 0 atom stereocenters. The normalized spacial score (nSPS) is 10.8. The minimum Gasteiger partial charge on any atom is -0.506 e. The van der Waals surface area contributed by atoms with Crippen LogP contribution >= 0.6 is 50.5 Å². The second kappa shape index (κ2) is 7.92. The number of phenols is 1. The van der Waals surface area contributed by atoms with Gasteiger partial charge in [0.05, 0.1) is 9.90 Å². The molecule has 3 aromatic rings. The predicted octanol–water partition coefficient (Wildman–Crippen LogP) is 7.01. The van der Waals surface area contributed by atoms with Crippen molar-refractivity contribution in [3.63, 3.8) is 0 Å². The van der Waals surface area contributed by atoms with E-state index in [2.05, 4.69) is 15.9 Å². The molecule has 0 aliphatic heterocycles. The highest BCUT2D eigenvalue weighted by molar-refractivity contribution is 9.10. The average Bonchev–Trinajstić information content (AvgIpc) is 3.09.